The Bertz CT molecular complexity index is 843. The van der Waals surface area contributed by atoms with Crippen molar-refractivity contribution in [3.05, 3.63) is 35.6 Å². The first kappa shape index (κ1) is 19.6. The maximum Gasteiger partial charge on any atom is 0.263 e. The van der Waals surface area contributed by atoms with Crippen LogP contribution in [0.3, 0.4) is 0 Å². The molecule has 27 heavy (non-hydrogen) atoms. The number of aromatic nitrogens is 3. The van der Waals surface area contributed by atoms with Crippen molar-refractivity contribution in [2.75, 3.05) is 31.5 Å². The molecular formula is C20H26ClN5O. The predicted octanol–water partition coefficient (Wildman–Crippen LogP) is 4.86. The van der Waals surface area contributed by atoms with Gasteiger partial charge in [-0.2, -0.15) is 4.98 Å². The van der Waals surface area contributed by atoms with Gasteiger partial charge in [-0.15, -0.1) is 0 Å². The molecule has 0 bridgehead atoms. The van der Waals surface area contributed by atoms with Gasteiger partial charge in [0.25, 0.3) is 5.71 Å². The minimum atomic E-state index is 0.482. The second kappa shape index (κ2) is 9.67. The molecule has 2 aromatic heterocycles. The number of anilines is 1. The lowest BCUT2D eigenvalue weighted by Gasteiger charge is -2.20. The van der Waals surface area contributed by atoms with Gasteiger partial charge in [-0.3, -0.25) is 0 Å². The lowest BCUT2D eigenvalue weighted by molar-refractivity contribution is 0.274. The lowest BCUT2D eigenvalue weighted by Crippen LogP contribution is -2.27. The molecule has 0 saturated heterocycles. The minimum Gasteiger partial charge on any atom is -0.369 e. The van der Waals surface area contributed by atoms with E-state index in [0.29, 0.717) is 10.7 Å². The maximum absolute atomic E-state index is 5.99. The Labute approximate surface area is 164 Å². The molecule has 0 aliphatic heterocycles. The van der Waals surface area contributed by atoms with Crippen LogP contribution in [0.2, 0.25) is 5.02 Å². The molecule has 0 unspecified atom stereocenters. The third kappa shape index (κ3) is 4.96. The molecule has 3 rings (SSSR count). The quantitative estimate of drug-likeness (QED) is 0.501. The summed E-state index contributed by atoms with van der Waals surface area (Å²) in [5.41, 5.74) is 2.13. The molecule has 0 amide bonds. The molecule has 0 radical (unpaired) electrons. The number of hydrogen-bond donors (Lipinski definition) is 1. The van der Waals surface area contributed by atoms with Crippen molar-refractivity contribution in [3.63, 3.8) is 0 Å². The maximum atomic E-state index is 5.99. The predicted molar refractivity (Wildman–Crippen MR) is 110 cm³/mol. The third-order valence-electron chi connectivity index (χ3n) is 4.41. The van der Waals surface area contributed by atoms with E-state index in [-0.39, 0.29) is 0 Å². The van der Waals surface area contributed by atoms with Crippen LogP contribution in [0.1, 0.15) is 33.1 Å². The highest BCUT2D eigenvalue weighted by molar-refractivity contribution is 6.30. The van der Waals surface area contributed by atoms with Gasteiger partial charge in [0.05, 0.1) is 0 Å². The van der Waals surface area contributed by atoms with Crippen molar-refractivity contribution < 1.29 is 4.52 Å². The Kier molecular flexibility index (Phi) is 7.01. The molecule has 0 fully saturated rings. The van der Waals surface area contributed by atoms with E-state index in [9.17, 15) is 0 Å². The molecule has 7 heteroatoms. The molecule has 0 aliphatic carbocycles. The van der Waals surface area contributed by atoms with Gasteiger partial charge in [0, 0.05) is 17.1 Å². The molecule has 1 aromatic carbocycles. The highest BCUT2D eigenvalue weighted by Crippen LogP contribution is 2.31. The first-order chi connectivity index (χ1) is 13.2. The minimum absolute atomic E-state index is 0.482. The molecular weight excluding hydrogens is 362 g/mol. The van der Waals surface area contributed by atoms with Crippen LogP contribution in [0.4, 0.5) is 5.82 Å². The smallest absolute Gasteiger partial charge is 0.263 e. The van der Waals surface area contributed by atoms with Crippen LogP contribution in [-0.2, 0) is 0 Å². The molecule has 144 valence electrons. The van der Waals surface area contributed by atoms with Crippen molar-refractivity contribution in [3.8, 4) is 11.3 Å². The van der Waals surface area contributed by atoms with Crippen molar-refractivity contribution in [1.29, 1.82) is 0 Å². The number of benzene rings is 1. The van der Waals surface area contributed by atoms with Crippen LogP contribution >= 0.6 is 11.6 Å². The highest BCUT2D eigenvalue weighted by atomic mass is 35.5. The highest BCUT2D eigenvalue weighted by Gasteiger charge is 2.16. The summed E-state index contributed by atoms with van der Waals surface area (Å²) >= 11 is 5.99. The number of fused-ring (bicyclic) bond motifs is 1. The second-order valence-corrected chi connectivity index (χ2v) is 7.00. The van der Waals surface area contributed by atoms with E-state index in [1.807, 2.05) is 24.3 Å². The van der Waals surface area contributed by atoms with Crippen molar-refractivity contribution in [1.82, 2.24) is 20.0 Å². The van der Waals surface area contributed by atoms with Crippen molar-refractivity contribution >= 4 is 28.5 Å². The average molecular weight is 388 g/mol. The molecule has 0 atom stereocenters. The standard InChI is InChI=1S/C20H26ClN5O/c1-3-11-26(12-4-2)13-5-10-22-19-17-18(15-6-8-16(21)9-7-15)25-27-20(17)24-14-23-19/h6-9,14H,3-5,10-13H2,1-2H3,(H,22,23,24). The van der Waals surface area contributed by atoms with E-state index in [0.717, 1.165) is 55.1 Å². The average Bonchev–Trinajstić information content (AvgIpc) is 3.11. The van der Waals surface area contributed by atoms with E-state index >= 15 is 0 Å². The van der Waals surface area contributed by atoms with Gasteiger partial charge >= 0.3 is 0 Å². The Hall–Kier alpha value is -2.18. The van der Waals surface area contributed by atoms with Crippen LogP contribution in [0, 0.1) is 0 Å². The Morgan fingerprint density at radius 3 is 2.48 bits per heavy atom. The first-order valence-corrected chi connectivity index (χ1v) is 9.93. The van der Waals surface area contributed by atoms with E-state index < -0.39 is 0 Å². The fraction of sp³-hybridized carbons (Fsp3) is 0.450. The van der Waals surface area contributed by atoms with Gasteiger partial charge in [-0.1, -0.05) is 42.7 Å². The fourth-order valence-corrected chi connectivity index (χ4v) is 3.33. The van der Waals surface area contributed by atoms with E-state index in [2.05, 4.69) is 39.2 Å². The van der Waals surface area contributed by atoms with E-state index in [1.165, 1.54) is 19.2 Å². The number of nitrogens with one attached hydrogen (secondary N) is 1. The monoisotopic (exact) mass is 387 g/mol. The Balaban J connectivity index is 1.71. The number of hydrogen-bond acceptors (Lipinski definition) is 6. The van der Waals surface area contributed by atoms with Crippen LogP contribution in [-0.4, -0.2) is 46.2 Å². The van der Waals surface area contributed by atoms with E-state index in [1.54, 1.807) is 0 Å². The van der Waals surface area contributed by atoms with Crippen molar-refractivity contribution in [2.24, 2.45) is 0 Å². The number of nitrogens with zero attached hydrogens (tertiary/aromatic N) is 4. The lowest BCUT2D eigenvalue weighted by atomic mass is 10.1. The molecule has 3 aromatic rings. The summed E-state index contributed by atoms with van der Waals surface area (Å²) in [6, 6.07) is 7.52. The summed E-state index contributed by atoms with van der Waals surface area (Å²) in [5, 5.41) is 9.11. The van der Waals surface area contributed by atoms with Gasteiger partial charge < -0.3 is 14.7 Å². The summed E-state index contributed by atoms with van der Waals surface area (Å²) in [4.78, 5) is 11.1. The molecule has 0 aliphatic rings. The molecule has 0 saturated carbocycles. The van der Waals surface area contributed by atoms with Gasteiger partial charge in [-0.05, 0) is 51.0 Å². The summed E-state index contributed by atoms with van der Waals surface area (Å²) in [7, 11) is 0. The van der Waals surface area contributed by atoms with Crippen LogP contribution < -0.4 is 5.32 Å². The Morgan fingerprint density at radius 2 is 1.78 bits per heavy atom. The molecule has 2 heterocycles. The zero-order valence-corrected chi connectivity index (χ0v) is 16.7. The fourth-order valence-electron chi connectivity index (χ4n) is 3.20. The van der Waals surface area contributed by atoms with Gasteiger partial charge in [0.1, 0.15) is 23.2 Å². The SMILES string of the molecule is CCCN(CCC)CCCNc1ncnc2onc(-c3ccc(Cl)cc3)c12. The van der Waals surface area contributed by atoms with Gasteiger partial charge in [0.15, 0.2) is 0 Å². The van der Waals surface area contributed by atoms with Crippen LogP contribution in [0.5, 0.6) is 0 Å². The topological polar surface area (TPSA) is 67.1 Å². The Morgan fingerprint density at radius 1 is 1.04 bits per heavy atom. The third-order valence-corrected chi connectivity index (χ3v) is 4.67. The first-order valence-electron chi connectivity index (χ1n) is 9.55. The van der Waals surface area contributed by atoms with Gasteiger partial charge in [-0.25, -0.2) is 4.98 Å². The summed E-state index contributed by atoms with van der Waals surface area (Å²) < 4.78 is 5.40. The van der Waals surface area contributed by atoms with Gasteiger partial charge in [0.2, 0.25) is 0 Å². The van der Waals surface area contributed by atoms with Crippen LogP contribution in [0.25, 0.3) is 22.4 Å². The second-order valence-electron chi connectivity index (χ2n) is 6.56. The normalized spacial score (nSPS) is 11.4. The van der Waals surface area contributed by atoms with E-state index in [4.69, 9.17) is 16.1 Å². The summed E-state index contributed by atoms with van der Waals surface area (Å²) in [6.45, 7) is 8.67. The van der Waals surface area contributed by atoms with Crippen molar-refractivity contribution in [2.45, 2.75) is 33.1 Å². The zero-order chi connectivity index (χ0) is 19.1. The number of rotatable bonds is 10. The summed E-state index contributed by atoms with van der Waals surface area (Å²) in [5.74, 6) is 0.753. The molecule has 6 nitrogen and oxygen atoms in total. The van der Waals surface area contributed by atoms with Crippen LogP contribution in [0.15, 0.2) is 35.1 Å². The summed E-state index contributed by atoms with van der Waals surface area (Å²) in [6.07, 6.45) is 4.92. The zero-order valence-electron chi connectivity index (χ0n) is 15.9. The number of halogens is 1. The largest absolute Gasteiger partial charge is 0.369 e. The molecule has 0 spiro atoms. The molecule has 1 N–H and O–H groups in total.